The van der Waals surface area contributed by atoms with Crippen LogP contribution in [0, 0.1) is 0 Å². The number of benzene rings is 1. The molecule has 0 fully saturated rings. The summed E-state index contributed by atoms with van der Waals surface area (Å²) in [7, 11) is 0. The SMILES string of the molecule is CC(=O)c1ccc(/C=C/c2cccs2)cc1. The number of ketones is 1. The van der Waals surface area contributed by atoms with E-state index in [2.05, 4.69) is 23.6 Å². The minimum absolute atomic E-state index is 0.105. The van der Waals surface area contributed by atoms with Gasteiger partial charge in [0.1, 0.15) is 0 Å². The zero-order valence-electron chi connectivity index (χ0n) is 9.01. The highest BCUT2D eigenvalue weighted by Crippen LogP contribution is 2.13. The summed E-state index contributed by atoms with van der Waals surface area (Å²) in [4.78, 5) is 12.3. The molecule has 1 heterocycles. The van der Waals surface area contributed by atoms with Gasteiger partial charge >= 0.3 is 0 Å². The van der Waals surface area contributed by atoms with Crippen molar-refractivity contribution in [2.75, 3.05) is 0 Å². The van der Waals surface area contributed by atoms with Crippen LogP contribution in [0.15, 0.2) is 41.8 Å². The normalized spacial score (nSPS) is 10.8. The maximum Gasteiger partial charge on any atom is 0.159 e. The molecule has 0 amide bonds. The summed E-state index contributed by atoms with van der Waals surface area (Å²) in [5, 5.41) is 2.05. The maximum atomic E-state index is 11.1. The molecule has 1 aromatic carbocycles. The van der Waals surface area contributed by atoms with Crippen LogP contribution in [0.5, 0.6) is 0 Å². The molecule has 16 heavy (non-hydrogen) atoms. The summed E-state index contributed by atoms with van der Waals surface area (Å²) in [5.74, 6) is 0.105. The lowest BCUT2D eigenvalue weighted by molar-refractivity contribution is 0.101. The van der Waals surface area contributed by atoms with Gasteiger partial charge in [0, 0.05) is 10.4 Å². The van der Waals surface area contributed by atoms with Crippen LogP contribution in [-0.2, 0) is 0 Å². The molecule has 0 saturated carbocycles. The van der Waals surface area contributed by atoms with Crippen molar-refractivity contribution in [2.24, 2.45) is 0 Å². The fraction of sp³-hybridized carbons (Fsp3) is 0.0714. The van der Waals surface area contributed by atoms with Crippen molar-refractivity contribution in [3.63, 3.8) is 0 Å². The minimum Gasteiger partial charge on any atom is -0.295 e. The molecule has 0 radical (unpaired) electrons. The molecular formula is C14H12OS. The zero-order valence-corrected chi connectivity index (χ0v) is 9.83. The highest BCUT2D eigenvalue weighted by Gasteiger charge is 1.96. The van der Waals surface area contributed by atoms with Crippen LogP contribution >= 0.6 is 11.3 Å². The first-order valence-electron chi connectivity index (χ1n) is 5.08. The van der Waals surface area contributed by atoms with Gasteiger partial charge in [-0.15, -0.1) is 11.3 Å². The molecule has 2 rings (SSSR count). The molecule has 0 N–H and O–H groups in total. The van der Waals surface area contributed by atoms with Crippen molar-refractivity contribution in [3.05, 3.63) is 57.8 Å². The third-order valence-corrected chi connectivity index (χ3v) is 3.14. The minimum atomic E-state index is 0.105. The van der Waals surface area contributed by atoms with E-state index in [4.69, 9.17) is 0 Å². The third kappa shape index (κ3) is 2.67. The molecule has 1 nitrogen and oxygen atoms in total. The van der Waals surface area contributed by atoms with Gasteiger partial charge < -0.3 is 0 Å². The first kappa shape index (κ1) is 10.8. The highest BCUT2D eigenvalue weighted by atomic mass is 32.1. The van der Waals surface area contributed by atoms with Crippen LogP contribution in [0.3, 0.4) is 0 Å². The number of carbonyl (C=O) groups is 1. The van der Waals surface area contributed by atoms with Gasteiger partial charge in [-0.25, -0.2) is 0 Å². The second kappa shape index (κ2) is 4.90. The largest absolute Gasteiger partial charge is 0.295 e. The van der Waals surface area contributed by atoms with Gasteiger partial charge in [-0.2, -0.15) is 0 Å². The fourth-order valence-corrected chi connectivity index (χ4v) is 2.01. The first-order chi connectivity index (χ1) is 7.75. The number of hydrogen-bond acceptors (Lipinski definition) is 2. The number of carbonyl (C=O) groups excluding carboxylic acids is 1. The lowest BCUT2D eigenvalue weighted by Crippen LogP contribution is -1.90. The number of thiophene rings is 1. The van der Waals surface area contributed by atoms with Crippen LogP contribution in [0.4, 0.5) is 0 Å². The molecule has 0 aliphatic rings. The monoisotopic (exact) mass is 228 g/mol. The van der Waals surface area contributed by atoms with Crippen LogP contribution in [0.2, 0.25) is 0 Å². The van der Waals surface area contributed by atoms with Crippen LogP contribution in [0.25, 0.3) is 12.2 Å². The molecule has 2 aromatic rings. The number of Topliss-reactive ketones (excluding diaryl/α,β-unsaturated/α-hetero) is 1. The topological polar surface area (TPSA) is 17.1 Å². The van der Waals surface area contributed by atoms with Gasteiger partial charge in [-0.1, -0.05) is 36.4 Å². The fourth-order valence-electron chi connectivity index (χ4n) is 1.39. The van der Waals surface area contributed by atoms with E-state index in [1.165, 1.54) is 4.88 Å². The van der Waals surface area contributed by atoms with E-state index in [0.29, 0.717) is 0 Å². The Hall–Kier alpha value is -1.67. The smallest absolute Gasteiger partial charge is 0.159 e. The van der Waals surface area contributed by atoms with Crippen molar-refractivity contribution in [2.45, 2.75) is 6.92 Å². The lowest BCUT2D eigenvalue weighted by atomic mass is 10.1. The van der Waals surface area contributed by atoms with Gasteiger partial charge in [0.15, 0.2) is 5.78 Å². The van der Waals surface area contributed by atoms with Gasteiger partial charge in [0.2, 0.25) is 0 Å². The molecule has 80 valence electrons. The Morgan fingerprint density at radius 1 is 1.12 bits per heavy atom. The molecule has 0 saturated heterocycles. The van der Waals surface area contributed by atoms with Crippen molar-refractivity contribution in [1.82, 2.24) is 0 Å². The van der Waals surface area contributed by atoms with Gasteiger partial charge in [0.05, 0.1) is 0 Å². The lowest BCUT2D eigenvalue weighted by Gasteiger charge is -1.96. The van der Waals surface area contributed by atoms with Crippen LogP contribution < -0.4 is 0 Å². The Balaban J connectivity index is 2.14. The van der Waals surface area contributed by atoms with E-state index in [1.807, 2.05) is 30.3 Å². The Morgan fingerprint density at radius 3 is 2.44 bits per heavy atom. The van der Waals surface area contributed by atoms with Crippen molar-refractivity contribution >= 4 is 29.3 Å². The summed E-state index contributed by atoms with van der Waals surface area (Å²) in [5.41, 5.74) is 1.87. The summed E-state index contributed by atoms with van der Waals surface area (Å²) < 4.78 is 0. The maximum absolute atomic E-state index is 11.1. The Bertz CT molecular complexity index is 492. The molecule has 0 spiro atoms. The van der Waals surface area contributed by atoms with Crippen molar-refractivity contribution in [1.29, 1.82) is 0 Å². The molecule has 2 heteroatoms. The highest BCUT2D eigenvalue weighted by molar-refractivity contribution is 7.10. The number of rotatable bonds is 3. The van der Waals surface area contributed by atoms with E-state index >= 15 is 0 Å². The molecule has 0 aliphatic heterocycles. The van der Waals surface area contributed by atoms with E-state index in [0.717, 1.165) is 11.1 Å². The average Bonchev–Trinajstić information content (AvgIpc) is 2.80. The molecule has 0 atom stereocenters. The average molecular weight is 228 g/mol. The van der Waals surface area contributed by atoms with E-state index in [1.54, 1.807) is 18.3 Å². The first-order valence-corrected chi connectivity index (χ1v) is 5.96. The van der Waals surface area contributed by atoms with Crippen molar-refractivity contribution < 1.29 is 4.79 Å². The second-order valence-corrected chi connectivity index (χ2v) is 4.51. The summed E-state index contributed by atoms with van der Waals surface area (Å²) in [6.45, 7) is 1.58. The predicted octanol–water partition coefficient (Wildman–Crippen LogP) is 4.12. The molecule has 1 aromatic heterocycles. The summed E-state index contributed by atoms with van der Waals surface area (Å²) in [6, 6.07) is 11.7. The van der Waals surface area contributed by atoms with E-state index in [9.17, 15) is 4.79 Å². The van der Waals surface area contributed by atoms with E-state index < -0.39 is 0 Å². The van der Waals surface area contributed by atoms with Gasteiger partial charge in [-0.05, 0) is 30.0 Å². The van der Waals surface area contributed by atoms with Gasteiger partial charge in [0.25, 0.3) is 0 Å². The zero-order chi connectivity index (χ0) is 11.4. The molecular weight excluding hydrogens is 216 g/mol. The van der Waals surface area contributed by atoms with Crippen LogP contribution in [-0.4, -0.2) is 5.78 Å². The molecule has 0 bridgehead atoms. The summed E-state index contributed by atoms with van der Waals surface area (Å²) in [6.07, 6.45) is 4.13. The van der Waals surface area contributed by atoms with E-state index in [-0.39, 0.29) is 5.78 Å². The molecule has 0 aliphatic carbocycles. The van der Waals surface area contributed by atoms with Crippen LogP contribution in [0.1, 0.15) is 27.7 Å². The van der Waals surface area contributed by atoms with Gasteiger partial charge in [-0.3, -0.25) is 4.79 Å². The summed E-state index contributed by atoms with van der Waals surface area (Å²) >= 11 is 1.71. The quantitative estimate of drug-likeness (QED) is 0.722. The van der Waals surface area contributed by atoms with Crippen molar-refractivity contribution in [3.8, 4) is 0 Å². The Labute approximate surface area is 99.1 Å². The second-order valence-electron chi connectivity index (χ2n) is 3.53. The predicted molar refractivity (Wildman–Crippen MR) is 69.7 cm³/mol. The Kier molecular flexibility index (Phi) is 3.32. The third-order valence-electron chi connectivity index (χ3n) is 2.30. The Morgan fingerprint density at radius 2 is 1.88 bits per heavy atom. The standard InChI is InChI=1S/C14H12OS/c1-11(15)13-7-4-12(5-8-13)6-9-14-3-2-10-16-14/h2-10H,1H3/b9-6+. The number of hydrogen-bond donors (Lipinski definition) is 0. The molecule has 0 unspecified atom stereocenters.